The highest BCUT2D eigenvalue weighted by Crippen LogP contribution is 2.24. The van der Waals surface area contributed by atoms with Crippen molar-refractivity contribution in [1.29, 1.82) is 0 Å². The fraction of sp³-hybridized carbons (Fsp3) is 0.571. The lowest BCUT2D eigenvalue weighted by Gasteiger charge is -2.42. The Hall–Kier alpha value is -2.48. The number of benzene rings is 1. The minimum atomic E-state index is -1.02. The number of nitrogens with zero attached hydrogens (tertiary/aromatic N) is 2. The second kappa shape index (κ2) is 9.55. The number of rotatable bonds is 5. The first kappa shape index (κ1) is 23.8. The summed E-state index contributed by atoms with van der Waals surface area (Å²) in [6, 6.07) is 5.21. The molecule has 0 bridgehead atoms. The Kier molecular flexibility index (Phi) is 7.58. The second-order valence-corrected chi connectivity index (χ2v) is 9.11. The van der Waals surface area contributed by atoms with E-state index in [9.17, 15) is 19.5 Å². The van der Waals surface area contributed by atoms with Crippen LogP contribution in [0.5, 0.6) is 0 Å². The third-order valence-electron chi connectivity index (χ3n) is 4.74. The summed E-state index contributed by atoms with van der Waals surface area (Å²) >= 11 is 5.93. The molecule has 166 valence electrons. The monoisotopic (exact) mass is 439 g/mol. The average molecular weight is 440 g/mol. The third kappa shape index (κ3) is 6.26. The molecule has 0 aliphatic carbocycles. The number of aliphatic carboxylic acids is 1. The average Bonchev–Trinajstić information content (AvgIpc) is 2.64. The Morgan fingerprint density at radius 2 is 1.77 bits per heavy atom. The van der Waals surface area contributed by atoms with Gasteiger partial charge in [-0.15, -0.1) is 0 Å². The molecule has 2 amide bonds. The van der Waals surface area contributed by atoms with E-state index < -0.39 is 29.7 Å². The van der Waals surface area contributed by atoms with Crippen molar-refractivity contribution >= 4 is 35.3 Å². The van der Waals surface area contributed by atoms with Crippen LogP contribution >= 0.6 is 11.6 Å². The van der Waals surface area contributed by atoms with Crippen LogP contribution in [0.25, 0.3) is 0 Å². The van der Waals surface area contributed by atoms with Crippen LogP contribution in [0.15, 0.2) is 24.3 Å². The number of carbonyl (C=O) groups excluding carboxylic acids is 2. The summed E-state index contributed by atoms with van der Waals surface area (Å²) in [5.41, 5.74) is 0.0407. The van der Waals surface area contributed by atoms with Crippen LogP contribution in [0.2, 0.25) is 5.02 Å². The van der Waals surface area contributed by atoms with Crippen molar-refractivity contribution in [1.82, 2.24) is 10.2 Å². The minimum absolute atomic E-state index is 0.00993. The van der Waals surface area contributed by atoms with Gasteiger partial charge in [-0.1, -0.05) is 25.4 Å². The maximum atomic E-state index is 13.1. The van der Waals surface area contributed by atoms with E-state index in [2.05, 4.69) is 5.32 Å². The lowest BCUT2D eigenvalue weighted by Crippen LogP contribution is -2.61. The summed E-state index contributed by atoms with van der Waals surface area (Å²) in [6.45, 7) is 9.56. The van der Waals surface area contributed by atoms with Crippen LogP contribution in [-0.4, -0.2) is 65.3 Å². The Morgan fingerprint density at radius 1 is 1.17 bits per heavy atom. The van der Waals surface area contributed by atoms with Crippen molar-refractivity contribution in [3.63, 3.8) is 0 Å². The molecule has 2 unspecified atom stereocenters. The summed E-state index contributed by atoms with van der Waals surface area (Å²) in [5, 5.41) is 12.9. The van der Waals surface area contributed by atoms with Gasteiger partial charge < -0.3 is 25.0 Å². The lowest BCUT2D eigenvalue weighted by atomic mass is 10.0. The van der Waals surface area contributed by atoms with E-state index in [0.717, 1.165) is 5.69 Å². The highest BCUT2D eigenvalue weighted by molar-refractivity contribution is 6.30. The van der Waals surface area contributed by atoms with Gasteiger partial charge in [0, 0.05) is 23.8 Å². The highest BCUT2D eigenvalue weighted by atomic mass is 35.5. The fourth-order valence-electron chi connectivity index (χ4n) is 3.28. The van der Waals surface area contributed by atoms with E-state index in [1.807, 2.05) is 13.8 Å². The van der Waals surface area contributed by atoms with Crippen LogP contribution in [0.1, 0.15) is 34.6 Å². The van der Waals surface area contributed by atoms with Gasteiger partial charge in [0.05, 0.1) is 6.54 Å². The number of alkyl carbamates (subject to hydrolysis) is 1. The van der Waals surface area contributed by atoms with Gasteiger partial charge in [-0.25, -0.2) is 9.59 Å². The molecule has 1 aromatic rings. The second-order valence-electron chi connectivity index (χ2n) is 8.68. The molecule has 30 heavy (non-hydrogen) atoms. The molecule has 9 heteroatoms. The molecule has 2 atom stereocenters. The minimum Gasteiger partial charge on any atom is -0.480 e. The summed E-state index contributed by atoms with van der Waals surface area (Å²) in [7, 11) is 0. The summed E-state index contributed by atoms with van der Waals surface area (Å²) in [5.74, 6) is -1.54. The molecule has 1 saturated heterocycles. The van der Waals surface area contributed by atoms with Crippen molar-refractivity contribution in [2.75, 3.05) is 24.5 Å². The van der Waals surface area contributed by atoms with Crippen molar-refractivity contribution in [2.24, 2.45) is 5.92 Å². The number of carbonyl (C=O) groups is 3. The summed E-state index contributed by atoms with van der Waals surface area (Å²) in [6.07, 6.45) is -0.677. The van der Waals surface area contributed by atoms with Crippen LogP contribution in [0.3, 0.4) is 0 Å². The molecule has 1 fully saturated rings. The lowest BCUT2D eigenvalue weighted by molar-refractivity contribution is -0.142. The normalized spacial score (nSPS) is 18.2. The number of hydrogen-bond donors (Lipinski definition) is 2. The standard InChI is InChI=1S/C21H30ClN3O5/c1-13(2)17(23-20(29)30-21(3,4)5)18(26)24-10-11-25(16(12-24)19(27)28)15-8-6-14(22)7-9-15/h6-9,13,16-17H,10-12H2,1-5H3,(H,23,29)(H,27,28). The molecule has 0 aromatic heterocycles. The van der Waals surface area contributed by atoms with E-state index >= 15 is 0 Å². The fourth-order valence-corrected chi connectivity index (χ4v) is 3.41. The van der Waals surface area contributed by atoms with Crippen LogP contribution in [0, 0.1) is 5.92 Å². The molecule has 0 radical (unpaired) electrons. The molecule has 1 aliphatic rings. The van der Waals surface area contributed by atoms with Gasteiger partial charge in [0.2, 0.25) is 5.91 Å². The van der Waals surface area contributed by atoms with Crippen LogP contribution in [-0.2, 0) is 14.3 Å². The molecule has 0 saturated carbocycles. The van der Waals surface area contributed by atoms with E-state index in [1.165, 1.54) is 4.90 Å². The maximum Gasteiger partial charge on any atom is 0.408 e. The molecule has 2 rings (SSSR count). The molecule has 1 heterocycles. The predicted molar refractivity (Wildman–Crippen MR) is 115 cm³/mol. The van der Waals surface area contributed by atoms with Crippen molar-refractivity contribution in [2.45, 2.75) is 52.3 Å². The van der Waals surface area contributed by atoms with Gasteiger partial charge >= 0.3 is 12.1 Å². The SMILES string of the molecule is CC(C)C(NC(=O)OC(C)(C)C)C(=O)N1CCN(c2ccc(Cl)cc2)C(C(=O)O)C1. The van der Waals surface area contributed by atoms with Gasteiger partial charge in [-0.3, -0.25) is 4.79 Å². The van der Waals surface area contributed by atoms with E-state index in [4.69, 9.17) is 16.3 Å². The zero-order valence-corrected chi connectivity index (χ0v) is 18.8. The zero-order chi connectivity index (χ0) is 22.6. The highest BCUT2D eigenvalue weighted by Gasteiger charge is 2.38. The van der Waals surface area contributed by atoms with E-state index in [0.29, 0.717) is 18.1 Å². The first-order chi connectivity index (χ1) is 13.9. The van der Waals surface area contributed by atoms with Crippen LogP contribution < -0.4 is 10.2 Å². The number of ether oxygens (including phenoxy) is 1. The van der Waals surface area contributed by atoms with Gasteiger partial charge in [-0.2, -0.15) is 0 Å². The molecular weight excluding hydrogens is 410 g/mol. The van der Waals surface area contributed by atoms with E-state index in [-0.39, 0.29) is 18.4 Å². The molecule has 2 N–H and O–H groups in total. The Bertz CT molecular complexity index is 776. The van der Waals surface area contributed by atoms with Gasteiger partial charge in [-0.05, 0) is 51.0 Å². The van der Waals surface area contributed by atoms with Crippen LogP contribution in [0.4, 0.5) is 10.5 Å². The quantitative estimate of drug-likeness (QED) is 0.731. The Labute approximate surface area is 182 Å². The predicted octanol–water partition coefficient (Wildman–Crippen LogP) is 2.99. The number of hydrogen-bond acceptors (Lipinski definition) is 5. The number of carboxylic acids is 1. The smallest absolute Gasteiger partial charge is 0.408 e. The molecule has 0 spiro atoms. The molecule has 1 aliphatic heterocycles. The van der Waals surface area contributed by atoms with Gasteiger partial charge in [0.15, 0.2) is 0 Å². The van der Waals surface area contributed by atoms with Crippen molar-refractivity contribution < 1.29 is 24.2 Å². The van der Waals surface area contributed by atoms with Crippen molar-refractivity contribution in [3.8, 4) is 0 Å². The summed E-state index contributed by atoms with van der Waals surface area (Å²) < 4.78 is 5.27. The number of nitrogens with one attached hydrogen (secondary N) is 1. The van der Waals surface area contributed by atoms with Crippen molar-refractivity contribution in [3.05, 3.63) is 29.3 Å². The molecule has 8 nitrogen and oxygen atoms in total. The maximum absolute atomic E-state index is 13.1. The van der Waals surface area contributed by atoms with Gasteiger partial charge in [0.1, 0.15) is 17.7 Å². The molecule has 1 aromatic carbocycles. The third-order valence-corrected chi connectivity index (χ3v) is 4.99. The number of amides is 2. The Balaban J connectivity index is 2.14. The van der Waals surface area contributed by atoms with E-state index in [1.54, 1.807) is 49.9 Å². The first-order valence-electron chi connectivity index (χ1n) is 9.92. The first-order valence-corrected chi connectivity index (χ1v) is 10.3. The number of halogens is 1. The zero-order valence-electron chi connectivity index (χ0n) is 18.0. The Morgan fingerprint density at radius 3 is 2.27 bits per heavy atom. The topological polar surface area (TPSA) is 99.2 Å². The number of anilines is 1. The number of piperazine rings is 1. The molecular formula is C21H30ClN3O5. The summed E-state index contributed by atoms with van der Waals surface area (Å²) in [4.78, 5) is 40.5. The largest absolute Gasteiger partial charge is 0.480 e. The van der Waals surface area contributed by atoms with Gasteiger partial charge in [0.25, 0.3) is 0 Å². The number of carboxylic acid groups (broad SMARTS) is 1.